The van der Waals surface area contributed by atoms with Crippen LogP contribution in [0.3, 0.4) is 0 Å². The van der Waals surface area contributed by atoms with Crippen LogP contribution in [0.4, 0.5) is 5.13 Å². The Hall–Kier alpha value is -2.99. The zero-order chi connectivity index (χ0) is 19.1. The number of anilines is 1. The molecule has 28 heavy (non-hydrogen) atoms. The standard InChI is InChI=1S/C22H19N3O2S/c26-20(24-22-23-16-9-3-6-12-19(16)28-22)13-25-17-10-4-1-7-14(17)21(27)15-8-2-5-11-18(15)25/h1-2,4-5,7-8,10-11H,3,6,9,12-13H2,(H,23,24,26). The van der Waals surface area contributed by atoms with Crippen molar-refractivity contribution in [2.75, 3.05) is 5.32 Å². The molecule has 1 N–H and O–H groups in total. The number of carbonyl (C=O) groups is 1. The lowest BCUT2D eigenvalue weighted by Crippen LogP contribution is -2.21. The minimum atomic E-state index is -0.134. The molecule has 1 aliphatic carbocycles. The van der Waals surface area contributed by atoms with E-state index in [-0.39, 0.29) is 17.9 Å². The average molecular weight is 389 g/mol. The van der Waals surface area contributed by atoms with Gasteiger partial charge >= 0.3 is 0 Å². The summed E-state index contributed by atoms with van der Waals surface area (Å²) in [5.41, 5.74) is 2.65. The van der Waals surface area contributed by atoms with Gasteiger partial charge in [-0.2, -0.15) is 0 Å². The maximum atomic E-state index is 12.8. The Morgan fingerprint density at radius 3 is 2.32 bits per heavy atom. The number of carbonyl (C=O) groups excluding carboxylic acids is 1. The molecule has 0 atom stereocenters. The highest BCUT2D eigenvalue weighted by atomic mass is 32.1. The zero-order valence-electron chi connectivity index (χ0n) is 15.3. The van der Waals surface area contributed by atoms with Crippen LogP contribution in [0.2, 0.25) is 0 Å². The molecule has 0 saturated heterocycles. The van der Waals surface area contributed by atoms with Crippen molar-refractivity contribution in [1.82, 2.24) is 9.55 Å². The molecule has 4 aromatic rings. The third-order valence-electron chi connectivity index (χ3n) is 5.27. The average Bonchev–Trinajstić information content (AvgIpc) is 3.13. The lowest BCUT2D eigenvalue weighted by molar-refractivity contribution is -0.116. The smallest absolute Gasteiger partial charge is 0.246 e. The number of nitrogens with one attached hydrogen (secondary N) is 1. The van der Waals surface area contributed by atoms with Crippen LogP contribution in [0.25, 0.3) is 21.8 Å². The molecule has 0 fully saturated rings. The summed E-state index contributed by atoms with van der Waals surface area (Å²) in [6.07, 6.45) is 4.41. The lowest BCUT2D eigenvalue weighted by Gasteiger charge is -2.14. The van der Waals surface area contributed by atoms with E-state index in [0.29, 0.717) is 15.9 Å². The Balaban J connectivity index is 1.53. The molecule has 5 nitrogen and oxygen atoms in total. The van der Waals surface area contributed by atoms with Gasteiger partial charge in [0.25, 0.3) is 0 Å². The van der Waals surface area contributed by atoms with Crippen LogP contribution in [0.15, 0.2) is 53.3 Å². The van der Waals surface area contributed by atoms with Crippen molar-refractivity contribution >= 4 is 44.2 Å². The Morgan fingerprint density at radius 1 is 1.00 bits per heavy atom. The van der Waals surface area contributed by atoms with Gasteiger partial charge in [0.05, 0.1) is 16.7 Å². The van der Waals surface area contributed by atoms with Gasteiger partial charge in [0, 0.05) is 15.6 Å². The molecule has 0 saturated carbocycles. The zero-order valence-corrected chi connectivity index (χ0v) is 16.1. The van der Waals surface area contributed by atoms with Crippen LogP contribution in [0.5, 0.6) is 0 Å². The van der Waals surface area contributed by atoms with E-state index < -0.39 is 0 Å². The van der Waals surface area contributed by atoms with Gasteiger partial charge in [-0.15, -0.1) is 11.3 Å². The predicted octanol–water partition coefficient (Wildman–Crippen LogP) is 4.13. The van der Waals surface area contributed by atoms with Crippen molar-refractivity contribution in [3.8, 4) is 0 Å². The third-order valence-corrected chi connectivity index (χ3v) is 6.35. The van der Waals surface area contributed by atoms with Gasteiger partial charge in [-0.05, 0) is 49.9 Å². The highest BCUT2D eigenvalue weighted by Gasteiger charge is 2.17. The number of para-hydroxylation sites is 2. The van der Waals surface area contributed by atoms with E-state index in [1.807, 2.05) is 53.1 Å². The van der Waals surface area contributed by atoms with Crippen LogP contribution in [0, 0.1) is 0 Å². The molecule has 0 bridgehead atoms. The van der Waals surface area contributed by atoms with Crippen LogP contribution >= 0.6 is 11.3 Å². The van der Waals surface area contributed by atoms with Gasteiger partial charge in [0.15, 0.2) is 10.6 Å². The second-order valence-corrected chi connectivity index (χ2v) is 8.18. The molecule has 6 heteroatoms. The molecule has 5 rings (SSSR count). The monoisotopic (exact) mass is 389 g/mol. The van der Waals surface area contributed by atoms with Crippen LogP contribution < -0.4 is 10.7 Å². The number of nitrogens with zero attached hydrogens (tertiary/aromatic N) is 2. The molecule has 0 aliphatic heterocycles. The number of hydrogen-bond donors (Lipinski definition) is 1. The van der Waals surface area contributed by atoms with Crippen molar-refractivity contribution in [1.29, 1.82) is 0 Å². The van der Waals surface area contributed by atoms with Crippen molar-refractivity contribution in [3.63, 3.8) is 0 Å². The van der Waals surface area contributed by atoms with Crippen molar-refractivity contribution in [3.05, 3.63) is 69.3 Å². The van der Waals surface area contributed by atoms with Crippen molar-refractivity contribution in [2.24, 2.45) is 0 Å². The second-order valence-electron chi connectivity index (χ2n) is 7.09. The first kappa shape index (κ1) is 17.1. The van der Waals surface area contributed by atoms with Crippen molar-refractivity contribution in [2.45, 2.75) is 32.2 Å². The van der Waals surface area contributed by atoms with E-state index in [4.69, 9.17) is 0 Å². The quantitative estimate of drug-likeness (QED) is 0.536. The van der Waals surface area contributed by atoms with Gasteiger partial charge < -0.3 is 9.88 Å². The molecule has 2 heterocycles. The first-order valence-electron chi connectivity index (χ1n) is 9.49. The fraction of sp³-hybridized carbons (Fsp3) is 0.227. The number of thiazole rings is 1. The minimum absolute atomic E-state index is 0.00421. The number of hydrogen-bond acceptors (Lipinski definition) is 4. The highest BCUT2D eigenvalue weighted by Crippen LogP contribution is 2.29. The first-order valence-corrected chi connectivity index (χ1v) is 10.3. The molecular weight excluding hydrogens is 370 g/mol. The predicted molar refractivity (Wildman–Crippen MR) is 113 cm³/mol. The molecule has 140 valence electrons. The summed E-state index contributed by atoms with van der Waals surface area (Å²) in [5, 5.41) is 4.88. The summed E-state index contributed by atoms with van der Waals surface area (Å²) in [7, 11) is 0. The summed E-state index contributed by atoms with van der Waals surface area (Å²) >= 11 is 1.58. The molecule has 2 aromatic heterocycles. The number of benzene rings is 2. The number of fused-ring (bicyclic) bond motifs is 3. The molecular formula is C22H19N3O2S. The van der Waals surface area contributed by atoms with Crippen molar-refractivity contribution < 1.29 is 4.79 Å². The SMILES string of the molecule is O=C(Cn1c2ccccc2c(=O)c2ccccc21)Nc1nc2c(s1)CCCC2. The summed E-state index contributed by atoms with van der Waals surface area (Å²) in [6, 6.07) is 14.9. The Morgan fingerprint density at radius 2 is 1.64 bits per heavy atom. The molecule has 1 aliphatic rings. The minimum Gasteiger partial charge on any atom is -0.331 e. The van der Waals surface area contributed by atoms with E-state index in [2.05, 4.69) is 10.3 Å². The second kappa shape index (κ2) is 6.87. The number of aromatic nitrogens is 2. The molecule has 1 amide bonds. The van der Waals surface area contributed by atoms with Crippen LogP contribution in [-0.2, 0) is 24.2 Å². The van der Waals surface area contributed by atoms with Gasteiger partial charge in [-0.1, -0.05) is 24.3 Å². The summed E-state index contributed by atoms with van der Waals surface area (Å²) in [5.74, 6) is -0.134. The van der Waals surface area contributed by atoms with E-state index in [0.717, 1.165) is 29.6 Å². The highest BCUT2D eigenvalue weighted by molar-refractivity contribution is 7.15. The van der Waals surface area contributed by atoms with E-state index in [1.54, 1.807) is 11.3 Å². The normalized spacial score (nSPS) is 13.6. The summed E-state index contributed by atoms with van der Waals surface area (Å²) in [4.78, 5) is 31.5. The maximum absolute atomic E-state index is 12.8. The number of rotatable bonds is 3. The summed E-state index contributed by atoms with van der Waals surface area (Å²) < 4.78 is 1.91. The van der Waals surface area contributed by atoms with Gasteiger partial charge in [0.2, 0.25) is 5.91 Å². The largest absolute Gasteiger partial charge is 0.331 e. The number of amides is 1. The fourth-order valence-electron chi connectivity index (χ4n) is 3.96. The van der Waals surface area contributed by atoms with Gasteiger partial charge in [-0.3, -0.25) is 9.59 Å². The number of pyridine rings is 1. The molecule has 2 aromatic carbocycles. The van der Waals surface area contributed by atoms with E-state index >= 15 is 0 Å². The Labute approximate surface area is 165 Å². The summed E-state index contributed by atoms with van der Waals surface area (Å²) in [6.45, 7) is 0.131. The topological polar surface area (TPSA) is 64.0 Å². The van der Waals surface area contributed by atoms with E-state index in [9.17, 15) is 9.59 Å². The molecule has 0 unspecified atom stereocenters. The van der Waals surface area contributed by atoms with Gasteiger partial charge in [-0.25, -0.2) is 4.98 Å². The fourth-order valence-corrected chi connectivity index (χ4v) is 5.02. The Bertz CT molecular complexity index is 1190. The van der Waals surface area contributed by atoms with Gasteiger partial charge in [0.1, 0.15) is 6.54 Å². The third kappa shape index (κ3) is 2.90. The molecule has 0 spiro atoms. The lowest BCUT2D eigenvalue weighted by atomic mass is 10.0. The molecule has 0 radical (unpaired) electrons. The van der Waals surface area contributed by atoms with Crippen LogP contribution in [0.1, 0.15) is 23.4 Å². The maximum Gasteiger partial charge on any atom is 0.246 e. The number of aryl methyl sites for hydroxylation is 2. The van der Waals surface area contributed by atoms with Crippen LogP contribution in [-0.4, -0.2) is 15.5 Å². The van der Waals surface area contributed by atoms with E-state index in [1.165, 1.54) is 17.7 Å². The Kier molecular flexibility index (Phi) is 4.20. The first-order chi connectivity index (χ1) is 13.7.